The van der Waals surface area contributed by atoms with Gasteiger partial charge in [-0.3, -0.25) is 0 Å². The van der Waals surface area contributed by atoms with Crippen LogP contribution in [0.15, 0.2) is 48.5 Å². The lowest BCUT2D eigenvalue weighted by Crippen LogP contribution is -2.21. The Morgan fingerprint density at radius 2 is 1.40 bits per heavy atom. The number of para-hydroxylation sites is 2. The first-order chi connectivity index (χ1) is 9.75. The third-order valence-corrected chi connectivity index (χ3v) is 4.14. The molecule has 0 radical (unpaired) electrons. The minimum atomic E-state index is -0.00182. The summed E-state index contributed by atoms with van der Waals surface area (Å²) < 4.78 is -0.00182. The molecule has 0 N–H and O–H groups in total. The van der Waals surface area contributed by atoms with Gasteiger partial charge in [0.25, 0.3) is 0 Å². The maximum absolute atomic E-state index is 6.07. The molecule has 0 spiro atoms. The van der Waals surface area contributed by atoms with Gasteiger partial charge < -0.3 is 4.90 Å². The second-order valence-electron chi connectivity index (χ2n) is 4.78. The van der Waals surface area contributed by atoms with Crippen molar-refractivity contribution in [1.82, 2.24) is 0 Å². The average Bonchev–Trinajstić information content (AvgIpc) is 2.62. The van der Waals surface area contributed by atoms with Crippen LogP contribution in [0.25, 0.3) is 12.2 Å². The van der Waals surface area contributed by atoms with E-state index in [9.17, 15) is 0 Å². The molecule has 0 bridgehead atoms. The molecule has 102 valence electrons. The summed E-state index contributed by atoms with van der Waals surface area (Å²) in [5.74, 6) is 0. The van der Waals surface area contributed by atoms with E-state index >= 15 is 0 Å². The van der Waals surface area contributed by atoms with Crippen LogP contribution in [0.3, 0.4) is 0 Å². The zero-order chi connectivity index (χ0) is 13.9. The molecular formula is C17H15BrClN. The zero-order valence-corrected chi connectivity index (χ0v) is 13.3. The maximum Gasteiger partial charge on any atom is 0.0903 e. The van der Waals surface area contributed by atoms with Crippen LogP contribution in [0.4, 0.5) is 11.4 Å². The molecule has 2 aromatic rings. The zero-order valence-electron chi connectivity index (χ0n) is 11.0. The van der Waals surface area contributed by atoms with E-state index in [-0.39, 0.29) is 4.29 Å². The smallest absolute Gasteiger partial charge is 0.0903 e. The molecule has 1 aliphatic rings. The standard InChI is InChI=1S/C17H15BrClN/c18-17(19)11-12-20-15-7-3-1-5-13(15)9-10-14-6-2-4-8-16(14)20/h1-10,17H,11-12H2. The molecule has 0 amide bonds. The van der Waals surface area contributed by atoms with Crippen LogP contribution in [0.5, 0.6) is 0 Å². The third kappa shape index (κ3) is 2.77. The normalized spacial score (nSPS) is 14.4. The molecule has 1 atom stereocenters. The Balaban J connectivity index is 2.08. The number of halogens is 2. The minimum absolute atomic E-state index is 0.00182. The Bertz CT molecular complexity index is 587. The van der Waals surface area contributed by atoms with Gasteiger partial charge in [-0.2, -0.15) is 0 Å². The molecule has 0 aliphatic carbocycles. The van der Waals surface area contributed by atoms with E-state index in [2.05, 4.69) is 81.5 Å². The lowest BCUT2D eigenvalue weighted by atomic mass is 10.1. The fraction of sp³-hybridized carbons (Fsp3) is 0.176. The Labute approximate surface area is 133 Å². The van der Waals surface area contributed by atoms with E-state index in [0.29, 0.717) is 0 Å². The van der Waals surface area contributed by atoms with Crippen LogP contribution in [0, 0.1) is 0 Å². The number of alkyl halides is 2. The molecule has 3 heteroatoms. The highest BCUT2D eigenvalue weighted by Crippen LogP contribution is 2.36. The summed E-state index contributed by atoms with van der Waals surface area (Å²) in [4.78, 5) is 2.35. The molecule has 0 saturated carbocycles. The van der Waals surface area contributed by atoms with Gasteiger partial charge in [0, 0.05) is 17.9 Å². The van der Waals surface area contributed by atoms with Crippen molar-refractivity contribution in [2.45, 2.75) is 10.7 Å². The first kappa shape index (κ1) is 13.7. The predicted octanol–water partition coefficient (Wildman–Crippen LogP) is 5.66. The van der Waals surface area contributed by atoms with E-state index in [1.165, 1.54) is 22.5 Å². The summed E-state index contributed by atoms with van der Waals surface area (Å²) in [5.41, 5.74) is 4.95. The summed E-state index contributed by atoms with van der Waals surface area (Å²) in [6, 6.07) is 16.9. The monoisotopic (exact) mass is 347 g/mol. The SMILES string of the molecule is ClC(Br)CCN1c2ccccc2C=Cc2ccccc21. The molecule has 1 aliphatic heterocycles. The highest BCUT2D eigenvalue weighted by Gasteiger charge is 2.17. The molecule has 0 fully saturated rings. The first-order valence-corrected chi connectivity index (χ1v) is 8.03. The van der Waals surface area contributed by atoms with Crippen LogP contribution in [0.1, 0.15) is 17.5 Å². The van der Waals surface area contributed by atoms with E-state index in [4.69, 9.17) is 11.6 Å². The van der Waals surface area contributed by atoms with E-state index in [1.807, 2.05) is 0 Å². The number of nitrogens with zero attached hydrogens (tertiary/aromatic N) is 1. The van der Waals surface area contributed by atoms with Gasteiger partial charge in [-0.25, -0.2) is 0 Å². The van der Waals surface area contributed by atoms with Crippen molar-refractivity contribution in [3.8, 4) is 0 Å². The average molecular weight is 349 g/mol. The second kappa shape index (κ2) is 6.02. The van der Waals surface area contributed by atoms with Crippen molar-refractivity contribution in [3.05, 3.63) is 59.7 Å². The summed E-state index contributed by atoms with van der Waals surface area (Å²) in [5, 5.41) is 0. The van der Waals surface area contributed by atoms with Crippen molar-refractivity contribution >= 4 is 51.1 Å². The van der Waals surface area contributed by atoms with Gasteiger partial charge in [-0.15, -0.1) is 11.6 Å². The first-order valence-electron chi connectivity index (χ1n) is 6.67. The van der Waals surface area contributed by atoms with Crippen LogP contribution >= 0.6 is 27.5 Å². The topological polar surface area (TPSA) is 3.24 Å². The largest absolute Gasteiger partial charge is 0.340 e. The summed E-state index contributed by atoms with van der Waals surface area (Å²) in [7, 11) is 0. The van der Waals surface area contributed by atoms with Gasteiger partial charge in [0.05, 0.1) is 4.29 Å². The van der Waals surface area contributed by atoms with Crippen molar-refractivity contribution in [2.24, 2.45) is 0 Å². The Kier molecular flexibility index (Phi) is 4.13. The number of benzene rings is 2. The van der Waals surface area contributed by atoms with Gasteiger partial charge in [0.1, 0.15) is 0 Å². The lowest BCUT2D eigenvalue weighted by molar-refractivity contribution is 0.873. The van der Waals surface area contributed by atoms with Gasteiger partial charge in [-0.05, 0) is 29.7 Å². The number of fused-ring (bicyclic) bond motifs is 2. The molecule has 20 heavy (non-hydrogen) atoms. The van der Waals surface area contributed by atoms with Crippen LogP contribution in [-0.4, -0.2) is 10.8 Å². The van der Waals surface area contributed by atoms with Gasteiger partial charge in [0.2, 0.25) is 0 Å². The summed E-state index contributed by atoms with van der Waals surface area (Å²) in [6.45, 7) is 0.884. The molecule has 1 nitrogen and oxygen atoms in total. The minimum Gasteiger partial charge on any atom is -0.340 e. The number of hydrogen-bond acceptors (Lipinski definition) is 1. The molecule has 1 heterocycles. The van der Waals surface area contributed by atoms with Crippen LogP contribution in [0.2, 0.25) is 0 Å². The highest BCUT2D eigenvalue weighted by molar-refractivity contribution is 9.10. The molecule has 2 aromatic carbocycles. The Hall–Kier alpha value is -1.25. The van der Waals surface area contributed by atoms with Crippen molar-refractivity contribution in [1.29, 1.82) is 0 Å². The molecule has 0 saturated heterocycles. The van der Waals surface area contributed by atoms with Crippen molar-refractivity contribution in [2.75, 3.05) is 11.4 Å². The van der Waals surface area contributed by atoms with Crippen molar-refractivity contribution in [3.63, 3.8) is 0 Å². The molecular weight excluding hydrogens is 334 g/mol. The number of anilines is 2. The molecule has 1 unspecified atom stereocenters. The highest BCUT2D eigenvalue weighted by atomic mass is 79.9. The van der Waals surface area contributed by atoms with Gasteiger partial charge in [-0.1, -0.05) is 64.5 Å². The summed E-state index contributed by atoms with van der Waals surface area (Å²) >= 11 is 9.49. The van der Waals surface area contributed by atoms with E-state index in [1.54, 1.807) is 0 Å². The number of hydrogen-bond donors (Lipinski definition) is 0. The van der Waals surface area contributed by atoms with Crippen molar-refractivity contribution < 1.29 is 0 Å². The van der Waals surface area contributed by atoms with E-state index < -0.39 is 0 Å². The number of rotatable bonds is 3. The third-order valence-electron chi connectivity index (χ3n) is 3.47. The quantitative estimate of drug-likeness (QED) is 0.647. The molecule has 3 rings (SSSR count). The predicted molar refractivity (Wildman–Crippen MR) is 92.0 cm³/mol. The lowest BCUT2D eigenvalue weighted by Gasteiger charge is -2.27. The van der Waals surface area contributed by atoms with Crippen LogP contribution in [-0.2, 0) is 0 Å². The van der Waals surface area contributed by atoms with Gasteiger partial charge >= 0.3 is 0 Å². The van der Waals surface area contributed by atoms with E-state index in [0.717, 1.165) is 13.0 Å². The Morgan fingerprint density at radius 1 is 0.900 bits per heavy atom. The Morgan fingerprint density at radius 3 is 1.90 bits per heavy atom. The van der Waals surface area contributed by atoms with Gasteiger partial charge in [0.15, 0.2) is 0 Å². The molecule has 0 aromatic heterocycles. The summed E-state index contributed by atoms with van der Waals surface area (Å²) in [6.07, 6.45) is 5.24. The second-order valence-corrected chi connectivity index (χ2v) is 6.94. The van der Waals surface area contributed by atoms with Crippen LogP contribution < -0.4 is 4.90 Å². The maximum atomic E-state index is 6.07. The fourth-order valence-corrected chi connectivity index (χ4v) is 2.83. The fourth-order valence-electron chi connectivity index (χ4n) is 2.53.